The maximum Gasteiger partial charge on any atom is 0.311 e. The highest BCUT2D eigenvalue weighted by Crippen LogP contribution is 2.28. The Kier molecular flexibility index (Phi) is 5.98. The number of nitrogens with one attached hydrogen (secondary N) is 1. The first-order valence-electron chi connectivity index (χ1n) is 9.93. The number of hydrogen-bond donors (Lipinski definition) is 1. The van der Waals surface area contributed by atoms with Crippen molar-refractivity contribution in [2.45, 2.75) is 13.5 Å². The van der Waals surface area contributed by atoms with Gasteiger partial charge in [0.25, 0.3) is 5.91 Å². The number of nitro groups is 1. The molecule has 3 aromatic carbocycles. The molecular weight excluding hydrogens is 408 g/mol. The third kappa shape index (κ3) is 4.84. The van der Waals surface area contributed by atoms with Crippen molar-refractivity contribution >= 4 is 17.3 Å². The second-order valence-corrected chi connectivity index (χ2v) is 7.18. The van der Waals surface area contributed by atoms with Crippen LogP contribution in [0.3, 0.4) is 0 Å². The van der Waals surface area contributed by atoms with Gasteiger partial charge in [0.2, 0.25) is 0 Å². The van der Waals surface area contributed by atoms with E-state index in [4.69, 9.17) is 9.15 Å². The minimum atomic E-state index is -0.494. The summed E-state index contributed by atoms with van der Waals surface area (Å²) < 4.78 is 11.1. The Labute approximate surface area is 184 Å². The summed E-state index contributed by atoms with van der Waals surface area (Å²) in [6, 6.07) is 25.3. The number of hydrogen-bond acceptors (Lipinski definition) is 5. The van der Waals surface area contributed by atoms with Crippen LogP contribution in [0.5, 0.6) is 5.75 Å². The van der Waals surface area contributed by atoms with Crippen LogP contribution in [0.2, 0.25) is 0 Å². The first kappa shape index (κ1) is 20.9. The highest BCUT2D eigenvalue weighted by Gasteiger charge is 2.17. The Balaban J connectivity index is 1.38. The molecule has 0 aliphatic heterocycles. The third-order valence-electron chi connectivity index (χ3n) is 4.82. The maximum absolute atomic E-state index is 12.5. The Morgan fingerprint density at radius 2 is 1.69 bits per heavy atom. The molecule has 0 aliphatic carbocycles. The van der Waals surface area contributed by atoms with E-state index in [1.165, 1.54) is 12.1 Å². The van der Waals surface area contributed by atoms with Gasteiger partial charge in [0.05, 0.1) is 4.92 Å². The van der Waals surface area contributed by atoms with E-state index >= 15 is 0 Å². The minimum Gasteiger partial charge on any atom is -0.479 e. The van der Waals surface area contributed by atoms with Crippen molar-refractivity contribution in [3.8, 4) is 16.9 Å². The average molecular weight is 428 g/mol. The highest BCUT2D eigenvalue weighted by molar-refractivity contribution is 6.02. The van der Waals surface area contributed by atoms with Crippen LogP contribution in [0.15, 0.2) is 89.3 Å². The predicted octanol–water partition coefficient (Wildman–Crippen LogP) is 5.99. The Hall–Kier alpha value is -4.39. The number of nitro benzene ring substituents is 1. The van der Waals surface area contributed by atoms with Gasteiger partial charge in [-0.25, -0.2) is 0 Å². The molecular formula is C25H20N2O5. The van der Waals surface area contributed by atoms with Crippen LogP contribution in [-0.2, 0) is 6.61 Å². The summed E-state index contributed by atoms with van der Waals surface area (Å²) >= 11 is 0. The number of rotatable bonds is 7. The van der Waals surface area contributed by atoms with E-state index in [9.17, 15) is 14.9 Å². The van der Waals surface area contributed by atoms with Crippen LogP contribution in [0.25, 0.3) is 11.1 Å². The smallest absolute Gasteiger partial charge is 0.311 e. The second kappa shape index (κ2) is 9.18. The van der Waals surface area contributed by atoms with Crippen LogP contribution in [0.1, 0.15) is 21.9 Å². The molecule has 0 saturated heterocycles. The summed E-state index contributed by atoms with van der Waals surface area (Å²) in [7, 11) is 0. The SMILES string of the molecule is Cc1ccc(OCc2ccc(C(=O)Nc3ccc(-c4ccccc4)cc3)o2)c([N+](=O)[O-])c1. The minimum absolute atomic E-state index is 0.0387. The van der Waals surface area contributed by atoms with Crippen LogP contribution >= 0.6 is 0 Å². The van der Waals surface area contributed by atoms with Crippen molar-refractivity contribution in [3.05, 3.63) is 112 Å². The molecule has 160 valence electrons. The van der Waals surface area contributed by atoms with E-state index in [0.29, 0.717) is 11.4 Å². The fourth-order valence-electron chi connectivity index (χ4n) is 3.19. The lowest BCUT2D eigenvalue weighted by molar-refractivity contribution is -0.386. The number of ether oxygens (including phenoxy) is 1. The summed E-state index contributed by atoms with van der Waals surface area (Å²) in [4.78, 5) is 23.2. The Morgan fingerprint density at radius 1 is 0.969 bits per heavy atom. The summed E-state index contributed by atoms with van der Waals surface area (Å²) in [6.45, 7) is 1.73. The molecule has 0 saturated carbocycles. The van der Waals surface area contributed by atoms with Crippen molar-refractivity contribution in [1.82, 2.24) is 0 Å². The lowest BCUT2D eigenvalue weighted by Crippen LogP contribution is -2.10. The molecule has 4 aromatic rings. The molecule has 0 fully saturated rings. The molecule has 0 atom stereocenters. The summed E-state index contributed by atoms with van der Waals surface area (Å²) in [5.41, 5.74) is 3.42. The topological polar surface area (TPSA) is 94.6 Å². The van der Waals surface area contributed by atoms with E-state index in [-0.39, 0.29) is 23.8 Å². The monoisotopic (exact) mass is 428 g/mol. The van der Waals surface area contributed by atoms with Gasteiger partial charge in [-0.2, -0.15) is 0 Å². The van der Waals surface area contributed by atoms with E-state index in [1.54, 1.807) is 25.1 Å². The molecule has 0 bridgehead atoms. The van der Waals surface area contributed by atoms with Gasteiger partial charge < -0.3 is 14.5 Å². The van der Waals surface area contributed by atoms with Gasteiger partial charge in [-0.3, -0.25) is 14.9 Å². The van der Waals surface area contributed by atoms with Crippen LogP contribution < -0.4 is 10.1 Å². The molecule has 0 radical (unpaired) electrons. The number of anilines is 1. The zero-order valence-corrected chi connectivity index (χ0v) is 17.3. The van der Waals surface area contributed by atoms with Crippen LogP contribution in [0.4, 0.5) is 11.4 Å². The molecule has 0 unspecified atom stereocenters. The molecule has 1 aromatic heterocycles. The van der Waals surface area contributed by atoms with Gasteiger partial charge in [0.1, 0.15) is 12.4 Å². The second-order valence-electron chi connectivity index (χ2n) is 7.18. The molecule has 1 N–H and O–H groups in total. The first-order chi connectivity index (χ1) is 15.5. The van der Waals surface area contributed by atoms with Crippen LogP contribution in [-0.4, -0.2) is 10.8 Å². The quantitative estimate of drug-likeness (QED) is 0.288. The number of benzene rings is 3. The number of carbonyl (C=O) groups excluding carboxylic acids is 1. The molecule has 32 heavy (non-hydrogen) atoms. The summed E-state index contributed by atoms with van der Waals surface area (Å²) in [5.74, 6) is 0.241. The maximum atomic E-state index is 12.5. The van der Waals surface area contributed by atoms with Crippen molar-refractivity contribution in [1.29, 1.82) is 0 Å². The average Bonchev–Trinajstić information content (AvgIpc) is 3.28. The van der Waals surface area contributed by atoms with Gasteiger partial charge in [-0.1, -0.05) is 48.5 Å². The number of aryl methyl sites for hydroxylation is 1. The molecule has 0 spiro atoms. The fourth-order valence-corrected chi connectivity index (χ4v) is 3.19. The molecule has 4 rings (SSSR count). The van der Waals surface area contributed by atoms with E-state index in [2.05, 4.69) is 5.32 Å². The van der Waals surface area contributed by atoms with E-state index in [1.807, 2.05) is 54.6 Å². The number of carbonyl (C=O) groups is 1. The normalized spacial score (nSPS) is 10.5. The van der Waals surface area contributed by atoms with Gasteiger partial charge in [0, 0.05) is 11.8 Å². The standard InChI is InChI=1S/C25H20N2O5/c1-17-7-13-23(22(15-17)27(29)30)31-16-21-12-14-24(32-21)25(28)26-20-10-8-19(9-11-20)18-5-3-2-4-6-18/h2-15H,16H2,1H3,(H,26,28). The largest absolute Gasteiger partial charge is 0.479 e. The lowest BCUT2D eigenvalue weighted by atomic mass is 10.1. The van der Waals surface area contributed by atoms with Crippen molar-refractivity contribution in [2.75, 3.05) is 5.32 Å². The molecule has 7 heteroatoms. The van der Waals surface area contributed by atoms with Gasteiger partial charge in [0.15, 0.2) is 11.5 Å². The summed E-state index contributed by atoms with van der Waals surface area (Å²) in [6.07, 6.45) is 0. The third-order valence-corrected chi connectivity index (χ3v) is 4.82. The zero-order chi connectivity index (χ0) is 22.5. The molecule has 0 aliphatic rings. The first-order valence-corrected chi connectivity index (χ1v) is 9.93. The van der Waals surface area contributed by atoms with Gasteiger partial charge in [-0.15, -0.1) is 0 Å². The fraction of sp³-hybridized carbons (Fsp3) is 0.0800. The molecule has 1 heterocycles. The number of nitrogens with zero attached hydrogens (tertiary/aromatic N) is 1. The summed E-state index contributed by atoms with van der Waals surface area (Å²) in [5, 5.41) is 14.0. The van der Waals surface area contributed by atoms with E-state index in [0.717, 1.165) is 16.7 Å². The van der Waals surface area contributed by atoms with Crippen molar-refractivity contribution in [2.24, 2.45) is 0 Å². The highest BCUT2D eigenvalue weighted by atomic mass is 16.6. The number of amides is 1. The number of furan rings is 1. The zero-order valence-electron chi connectivity index (χ0n) is 17.3. The Morgan fingerprint density at radius 3 is 2.41 bits per heavy atom. The van der Waals surface area contributed by atoms with E-state index < -0.39 is 10.8 Å². The molecule has 7 nitrogen and oxygen atoms in total. The Bertz CT molecular complexity index is 1250. The van der Waals surface area contributed by atoms with Crippen molar-refractivity contribution < 1.29 is 18.9 Å². The lowest BCUT2D eigenvalue weighted by Gasteiger charge is -2.06. The predicted molar refractivity (Wildman–Crippen MR) is 121 cm³/mol. The molecule has 1 amide bonds. The van der Waals surface area contributed by atoms with Crippen molar-refractivity contribution in [3.63, 3.8) is 0 Å². The van der Waals surface area contributed by atoms with Gasteiger partial charge in [-0.05, 0) is 53.9 Å². The van der Waals surface area contributed by atoms with Gasteiger partial charge >= 0.3 is 5.69 Å². The van der Waals surface area contributed by atoms with Crippen LogP contribution in [0, 0.1) is 17.0 Å².